The highest BCUT2D eigenvalue weighted by molar-refractivity contribution is 5.89. The fourth-order valence-corrected chi connectivity index (χ4v) is 1.95. The Morgan fingerprint density at radius 3 is 2.40 bits per heavy atom. The predicted octanol–water partition coefficient (Wildman–Crippen LogP) is 0.437. The Bertz CT molecular complexity index is 525. The van der Waals surface area contributed by atoms with E-state index in [1.165, 1.54) is 0 Å². The zero-order valence-electron chi connectivity index (χ0n) is 13.7. The number of hydrogen-bond donors (Lipinski definition) is 4. The van der Waals surface area contributed by atoms with Crippen LogP contribution in [0.3, 0.4) is 0 Å². The maximum Gasteiger partial charge on any atom is 0.328 e. The first-order chi connectivity index (χ1) is 12.0. The standard InChI is InChI=1S/C13H19NO3.C4H4O4/c15-13(11-4-2-1-3-5-11)10-16-9-12-8-14-6-7-17-12;5-3(6)1-2-4(7)8/h1-5,12-15H,6-10H2;1-2H,(H,5,6)(H,7,8)/b;2-1-. The summed E-state index contributed by atoms with van der Waals surface area (Å²) >= 11 is 0. The van der Waals surface area contributed by atoms with Gasteiger partial charge < -0.3 is 30.1 Å². The molecule has 1 aromatic carbocycles. The van der Waals surface area contributed by atoms with Gasteiger partial charge in [0.1, 0.15) is 6.10 Å². The molecule has 8 nitrogen and oxygen atoms in total. The van der Waals surface area contributed by atoms with Crippen LogP contribution in [0, 0.1) is 0 Å². The highest BCUT2D eigenvalue weighted by Gasteiger charge is 2.14. The number of nitrogens with one attached hydrogen (secondary N) is 1. The lowest BCUT2D eigenvalue weighted by molar-refractivity contribution is -0.134. The Hall–Kier alpha value is -2.26. The second-order valence-corrected chi connectivity index (χ2v) is 5.17. The molecule has 138 valence electrons. The third-order valence-corrected chi connectivity index (χ3v) is 3.14. The molecule has 4 N–H and O–H groups in total. The van der Waals surface area contributed by atoms with Crippen molar-refractivity contribution in [2.75, 3.05) is 32.9 Å². The van der Waals surface area contributed by atoms with Gasteiger partial charge in [-0.25, -0.2) is 9.59 Å². The van der Waals surface area contributed by atoms with Gasteiger partial charge in [-0.1, -0.05) is 30.3 Å². The van der Waals surface area contributed by atoms with Gasteiger partial charge in [0.05, 0.1) is 25.9 Å². The van der Waals surface area contributed by atoms with Crippen LogP contribution >= 0.6 is 0 Å². The van der Waals surface area contributed by atoms with Gasteiger partial charge in [-0.15, -0.1) is 0 Å². The molecule has 0 saturated carbocycles. The lowest BCUT2D eigenvalue weighted by Gasteiger charge is -2.23. The van der Waals surface area contributed by atoms with E-state index < -0.39 is 18.0 Å². The minimum Gasteiger partial charge on any atom is -0.478 e. The summed E-state index contributed by atoms with van der Waals surface area (Å²) < 4.78 is 11.0. The van der Waals surface area contributed by atoms with E-state index in [4.69, 9.17) is 19.7 Å². The minimum absolute atomic E-state index is 0.103. The van der Waals surface area contributed by atoms with Gasteiger partial charge in [-0.3, -0.25) is 0 Å². The minimum atomic E-state index is -1.26. The second kappa shape index (κ2) is 12.2. The van der Waals surface area contributed by atoms with Gasteiger partial charge in [0.15, 0.2) is 0 Å². The summed E-state index contributed by atoms with van der Waals surface area (Å²) in [5, 5.41) is 28.7. The van der Waals surface area contributed by atoms with Crippen molar-refractivity contribution in [1.29, 1.82) is 0 Å². The molecule has 1 fully saturated rings. The van der Waals surface area contributed by atoms with E-state index in [1.54, 1.807) is 0 Å². The molecule has 1 heterocycles. The number of rotatable bonds is 7. The van der Waals surface area contributed by atoms with Crippen LogP contribution in [0.2, 0.25) is 0 Å². The molecular formula is C17H23NO7. The number of carboxylic acid groups (broad SMARTS) is 2. The van der Waals surface area contributed by atoms with Crippen molar-refractivity contribution >= 4 is 11.9 Å². The highest BCUT2D eigenvalue weighted by atomic mass is 16.5. The molecule has 0 bridgehead atoms. The molecule has 0 spiro atoms. The topological polar surface area (TPSA) is 125 Å². The molecule has 1 aromatic rings. The number of morpholine rings is 1. The first-order valence-electron chi connectivity index (χ1n) is 7.76. The van der Waals surface area contributed by atoms with Gasteiger partial charge >= 0.3 is 11.9 Å². The Morgan fingerprint density at radius 1 is 1.24 bits per heavy atom. The number of aliphatic hydroxyl groups is 1. The average Bonchev–Trinajstić information content (AvgIpc) is 2.62. The fraction of sp³-hybridized carbons (Fsp3) is 0.412. The van der Waals surface area contributed by atoms with Crippen LogP contribution in [0.4, 0.5) is 0 Å². The third-order valence-electron chi connectivity index (χ3n) is 3.14. The van der Waals surface area contributed by atoms with Crippen LogP contribution in [0.1, 0.15) is 11.7 Å². The fourth-order valence-electron chi connectivity index (χ4n) is 1.95. The summed E-state index contributed by atoms with van der Waals surface area (Å²) in [6.45, 7) is 3.29. The van der Waals surface area contributed by atoms with E-state index in [0.29, 0.717) is 25.4 Å². The first kappa shape index (κ1) is 20.8. The monoisotopic (exact) mass is 353 g/mol. The Kier molecular flexibility index (Phi) is 10.1. The van der Waals surface area contributed by atoms with Crippen molar-refractivity contribution in [2.45, 2.75) is 12.2 Å². The van der Waals surface area contributed by atoms with Gasteiger partial charge in [0, 0.05) is 25.2 Å². The first-order valence-corrected chi connectivity index (χ1v) is 7.76. The molecule has 2 atom stereocenters. The van der Waals surface area contributed by atoms with Crippen molar-refractivity contribution in [2.24, 2.45) is 0 Å². The number of carbonyl (C=O) groups is 2. The maximum atomic E-state index is 9.87. The summed E-state index contributed by atoms with van der Waals surface area (Å²) in [7, 11) is 0. The van der Waals surface area contributed by atoms with Crippen molar-refractivity contribution < 1.29 is 34.4 Å². The zero-order valence-corrected chi connectivity index (χ0v) is 13.7. The van der Waals surface area contributed by atoms with Crippen LogP contribution < -0.4 is 5.32 Å². The van der Waals surface area contributed by atoms with Crippen molar-refractivity contribution in [3.8, 4) is 0 Å². The van der Waals surface area contributed by atoms with E-state index in [1.807, 2.05) is 30.3 Å². The van der Waals surface area contributed by atoms with Crippen LogP contribution in [0.5, 0.6) is 0 Å². The Labute approximate surface area is 145 Å². The molecule has 0 amide bonds. The highest BCUT2D eigenvalue weighted by Crippen LogP contribution is 2.12. The number of benzene rings is 1. The van der Waals surface area contributed by atoms with Crippen LogP contribution in [0.25, 0.3) is 0 Å². The molecule has 25 heavy (non-hydrogen) atoms. The van der Waals surface area contributed by atoms with E-state index in [-0.39, 0.29) is 6.10 Å². The smallest absolute Gasteiger partial charge is 0.328 e. The van der Waals surface area contributed by atoms with Gasteiger partial charge in [-0.2, -0.15) is 0 Å². The normalized spacial score (nSPS) is 18.2. The van der Waals surface area contributed by atoms with Crippen LogP contribution in [-0.4, -0.2) is 66.3 Å². The van der Waals surface area contributed by atoms with Crippen molar-refractivity contribution in [1.82, 2.24) is 5.32 Å². The van der Waals surface area contributed by atoms with Crippen LogP contribution in [0.15, 0.2) is 42.5 Å². The van der Waals surface area contributed by atoms with Gasteiger partial charge in [0.25, 0.3) is 0 Å². The predicted molar refractivity (Wildman–Crippen MR) is 89.2 cm³/mol. The molecule has 2 rings (SSSR count). The number of carboxylic acids is 2. The number of hydrogen-bond acceptors (Lipinski definition) is 6. The summed E-state index contributed by atoms with van der Waals surface area (Å²) in [6, 6.07) is 9.54. The maximum absolute atomic E-state index is 9.87. The molecule has 1 saturated heterocycles. The summed E-state index contributed by atoms with van der Waals surface area (Å²) in [4.78, 5) is 19.1. The largest absolute Gasteiger partial charge is 0.478 e. The molecule has 0 radical (unpaired) electrons. The van der Waals surface area contributed by atoms with Crippen LogP contribution in [-0.2, 0) is 19.1 Å². The molecule has 2 unspecified atom stereocenters. The van der Waals surface area contributed by atoms with Gasteiger partial charge in [-0.05, 0) is 5.56 Å². The lowest BCUT2D eigenvalue weighted by atomic mass is 10.1. The number of aliphatic carboxylic acids is 2. The van der Waals surface area contributed by atoms with E-state index >= 15 is 0 Å². The molecule has 0 aromatic heterocycles. The summed E-state index contributed by atoms with van der Waals surface area (Å²) in [5.41, 5.74) is 0.884. The molecule has 1 aliphatic rings. The SMILES string of the molecule is O=C(O)/C=C\C(=O)O.OC(COCC1CNCCO1)c1ccccc1. The molecule has 8 heteroatoms. The molecule has 1 aliphatic heterocycles. The van der Waals surface area contributed by atoms with Crippen molar-refractivity contribution in [3.05, 3.63) is 48.0 Å². The average molecular weight is 353 g/mol. The Morgan fingerprint density at radius 2 is 1.88 bits per heavy atom. The van der Waals surface area contributed by atoms with Crippen molar-refractivity contribution in [3.63, 3.8) is 0 Å². The molecular weight excluding hydrogens is 330 g/mol. The lowest BCUT2D eigenvalue weighted by Crippen LogP contribution is -2.41. The number of ether oxygens (including phenoxy) is 2. The third kappa shape index (κ3) is 10.3. The molecule has 0 aliphatic carbocycles. The quantitative estimate of drug-likeness (QED) is 0.520. The zero-order chi connectivity index (χ0) is 18.5. The van der Waals surface area contributed by atoms with E-state index in [0.717, 1.165) is 25.3 Å². The summed E-state index contributed by atoms with van der Waals surface area (Å²) in [6.07, 6.45) is 0.657. The van der Waals surface area contributed by atoms with Gasteiger partial charge in [0.2, 0.25) is 0 Å². The van der Waals surface area contributed by atoms with E-state index in [9.17, 15) is 14.7 Å². The second-order valence-electron chi connectivity index (χ2n) is 5.17. The Balaban J connectivity index is 0.000000333. The summed E-state index contributed by atoms with van der Waals surface area (Å²) in [5.74, 6) is -2.51. The number of aliphatic hydroxyl groups excluding tert-OH is 1. The van der Waals surface area contributed by atoms with E-state index in [2.05, 4.69) is 5.32 Å².